The van der Waals surface area contributed by atoms with Crippen molar-refractivity contribution in [1.82, 2.24) is 5.32 Å². The lowest BCUT2D eigenvalue weighted by atomic mass is 9.91. The average Bonchev–Trinajstić information content (AvgIpc) is 2.38. The second-order valence-electron chi connectivity index (χ2n) is 5.54. The standard InChI is InChI=1S/C18H22ClN/c1-11-6-7-15(17(19)8-11)18(20-5)16-10-13(3)12(2)9-14(16)4/h6-10,18,20H,1-5H3. The second kappa shape index (κ2) is 5.99. The molecule has 2 heteroatoms. The van der Waals surface area contributed by atoms with Crippen LogP contribution in [0, 0.1) is 27.7 Å². The summed E-state index contributed by atoms with van der Waals surface area (Å²) < 4.78 is 0. The summed E-state index contributed by atoms with van der Waals surface area (Å²) in [6.45, 7) is 8.53. The summed E-state index contributed by atoms with van der Waals surface area (Å²) in [7, 11) is 1.98. The molecule has 0 bridgehead atoms. The van der Waals surface area contributed by atoms with E-state index in [1.807, 2.05) is 13.1 Å². The van der Waals surface area contributed by atoms with E-state index in [1.165, 1.54) is 27.8 Å². The van der Waals surface area contributed by atoms with Gasteiger partial charge in [-0.3, -0.25) is 0 Å². The van der Waals surface area contributed by atoms with E-state index in [0.29, 0.717) is 0 Å². The van der Waals surface area contributed by atoms with Crippen molar-refractivity contribution in [2.45, 2.75) is 33.7 Å². The molecule has 1 nitrogen and oxygen atoms in total. The van der Waals surface area contributed by atoms with E-state index >= 15 is 0 Å². The molecule has 0 radical (unpaired) electrons. The van der Waals surface area contributed by atoms with Crippen molar-refractivity contribution in [3.8, 4) is 0 Å². The maximum absolute atomic E-state index is 6.44. The van der Waals surface area contributed by atoms with Gasteiger partial charge in [0.05, 0.1) is 6.04 Å². The van der Waals surface area contributed by atoms with E-state index in [9.17, 15) is 0 Å². The number of benzene rings is 2. The topological polar surface area (TPSA) is 12.0 Å². The fourth-order valence-corrected chi connectivity index (χ4v) is 2.98. The third-order valence-electron chi connectivity index (χ3n) is 3.95. The quantitative estimate of drug-likeness (QED) is 0.848. The molecule has 0 fully saturated rings. The van der Waals surface area contributed by atoms with Crippen molar-refractivity contribution in [3.05, 3.63) is 68.7 Å². The molecule has 2 aromatic rings. The zero-order valence-electron chi connectivity index (χ0n) is 12.8. The molecule has 1 N–H and O–H groups in total. The van der Waals surface area contributed by atoms with Crippen molar-refractivity contribution >= 4 is 11.6 Å². The Morgan fingerprint density at radius 3 is 2.10 bits per heavy atom. The molecule has 0 saturated carbocycles. The van der Waals surface area contributed by atoms with E-state index in [1.54, 1.807) is 0 Å². The molecule has 0 heterocycles. The molecule has 2 aromatic carbocycles. The van der Waals surface area contributed by atoms with Crippen LogP contribution in [0.3, 0.4) is 0 Å². The SMILES string of the molecule is CNC(c1cc(C)c(C)cc1C)c1ccc(C)cc1Cl. The van der Waals surface area contributed by atoms with Gasteiger partial charge in [-0.2, -0.15) is 0 Å². The third-order valence-corrected chi connectivity index (χ3v) is 4.28. The van der Waals surface area contributed by atoms with Gasteiger partial charge >= 0.3 is 0 Å². The third kappa shape index (κ3) is 2.89. The van der Waals surface area contributed by atoms with Gasteiger partial charge in [-0.15, -0.1) is 0 Å². The maximum Gasteiger partial charge on any atom is 0.0591 e. The van der Waals surface area contributed by atoms with Gasteiger partial charge in [0.1, 0.15) is 0 Å². The predicted octanol–water partition coefficient (Wildman–Crippen LogP) is 4.88. The molecular formula is C18H22ClN. The van der Waals surface area contributed by atoms with Gasteiger partial charge in [0, 0.05) is 5.02 Å². The lowest BCUT2D eigenvalue weighted by Crippen LogP contribution is -2.19. The van der Waals surface area contributed by atoms with Gasteiger partial charge in [-0.05, 0) is 74.2 Å². The highest BCUT2D eigenvalue weighted by Crippen LogP contribution is 2.31. The Morgan fingerprint density at radius 2 is 1.50 bits per heavy atom. The molecule has 0 amide bonds. The van der Waals surface area contributed by atoms with Gasteiger partial charge < -0.3 is 5.32 Å². The van der Waals surface area contributed by atoms with Crippen molar-refractivity contribution in [1.29, 1.82) is 0 Å². The van der Waals surface area contributed by atoms with E-state index < -0.39 is 0 Å². The van der Waals surface area contributed by atoms with Crippen LogP contribution in [0.15, 0.2) is 30.3 Å². The fourth-order valence-electron chi connectivity index (χ4n) is 2.64. The first-order valence-corrected chi connectivity index (χ1v) is 7.33. The fraction of sp³-hybridized carbons (Fsp3) is 0.333. The number of aryl methyl sites for hydroxylation is 4. The number of hydrogen-bond donors (Lipinski definition) is 1. The monoisotopic (exact) mass is 287 g/mol. The van der Waals surface area contributed by atoms with Crippen molar-refractivity contribution in [2.24, 2.45) is 0 Å². The van der Waals surface area contributed by atoms with Gasteiger partial charge in [-0.25, -0.2) is 0 Å². The van der Waals surface area contributed by atoms with Crippen LogP contribution < -0.4 is 5.32 Å². The predicted molar refractivity (Wildman–Crippen MR) is 87.7 cm³/mol. The highest BCUT2D eigenvalue weighted by molar-refractivity contribution is 6.31. The lowest BCUT2D eigenvalue weighted by Gasteiger charge is -2.22. The van der Waals surface area contributed by atoms with Crippen LogP contribution in [0.2, 0.25) is 5.02 Å². The Kier molecular flexibility index (Phi) is 4.52. The first-order valence-electron chi connectivity index (χ1n) is 6.95. The zero-order valence-corrected chi connectivity index (χ0v) is 13.6. The summed E-state index contributed by atoms with van der Waals surface area (Å²) >= 11 is 6.44. The summed E-state index contributed by atoms with van der Waals surface area (Å²) in [5.74, 6) is 0. The van der Waals surface area contributed by atoms with Gasteiger partial charge in [0.15, 0.2) is 0 Å². The van der Waals surface area contributed by atoms with Crippen LogP contribution >= 0.6 is 11.6 Å². The largest absolute Gasteiger partial charge is 0.309 e. The number of rotatable bonds is 3. The molecule has 106 valence electrons. The van der Waals surface area contributed by atoms with Crippen LogP contribution in [0.1, 0.15) is 39.4 Å². The molecular weight excluding hydrogens is 266 g/mol. The minimum absolute atomic E-state index is 0.127. The Bertz CT molecular complexity index is 632. The van der Waals surface area contributed by atoms with Crippen LogP contribution in [-0.4, -0.2) is 7.05 Å². The van der Waals surface area contributed by atoms with E-state index in [0.717, 1.165) is 10.6 Å². The Hall–Kier alpha value is -1.31. The molecule has 0 aliphatic carbocycles. The second-order valence-corrected chi connectivity index (χ2v) is 5.95. The Balaban J connectivity index is 2.55. The minimum Gasteiger partial charge on any atom is -0.309 e. The lowest BCUT2D eigenvalue weighted by molar-refractivity contribution is 0.686. The molecule has 2 rings (SSSR count). The molecule has 1 atom stereocenters. The first-order chi connectivity index (χ1) is 9.43. The van der Waals surface area contributed by atoms with E-state index in [4.69, 9.17) is 11.6 Å². The summed E-state index contributed by atoms with van der Waals surface area (Å²) in [4.78, 5) is 0. The Labute approximate surface area is 127 Å². The van der Waals surface area contributed by atoms with E-state index in [-0.39, 0.29) is 6.04 Å². The summed E-state index contributed by atoms with van der Waals surface area (Å²) in [5, 5.41) is 4.22. The van der Waals surface area contributed by atoms with Crippen molar-refractivity contribution in [3.63, 3.8) is 0 Å². The molecule has 1 unspecified atom stereocenters. The van der Waals surface area contributed by atoms with Gasteiger partial charge in [0.25, 0.3) is 0 Å². The minimum atomic E-state index is 0.127. The molecule has 20 heavy (non-hydrogen) atoms. The molecule has 0 aromatic heterocycles. The molecule has 0 saturated heterocycles. The highest BCUT2D eigenvalue weighted by Gasteiger charge is 2.17. The molecule has 0 aliphatic rings. The average molecular weight is 288 g/mol. The van der Waals surface area contributed by atoms with Crippen LogP contribution in [-0.2, 0) is 0 Å². The summed E-state index contributed by atoms with van der Waals surface area (Å²) in [6.07, 6.45) is 0. The van der Waals surface area contributed by atoms with Crippen LogP contribution in [0.5, 0.6) is 0 Å². The van der Waals surface area contributed by atoms with E-state index in [2.05, 4.69) is 57.3 Å². The molecule has 0 spiro atoms. The smallest absolute Gasteiger partial charge is 0.0591 e. The van der Waals surface area contributed by atoms with Crippen LogP contribution in [0.4, 0.5) is 0 Å². The number of hydrogen-bond acceptors (Lipinski definition) is 1. The maximum atomic E-state index is 6.44. The normalized spacial score (nSPS) is 12.5. The van der Waals surface area contributed by atoms with Gasteiger partial charge in [0.2, 0.25) is 0 Å². The number of nitrogens with one attached hydrogen (secondary N) is 1. The summed E-state index contributed by atoms with van der Waals surface area (Å²) in [5.41, 5.74) is 7.55. The summed E-state index contributed by atoms with van der Waals surface area (Å²) in [6, 6.07) is 10.9. The highest BCUT2D eigenvalue weighted by atomic mass is 35.5. The van der Waals surface area contributed by atoms with Crippen molar-refractivity contribution in [2.75, 3.05) is 7.05 Å². The first kappa shape index (κ1) is 15.1. The van der Waals surface area contributed by atoms with Gasteiger partial charge in [-0.1, -0.05) is 35.9 Å². The molecule has 0 aliphatic heterocycles. The Morgan fingerprint density at radius 1 is 0.850 bits per heavy atom. The van der Waals surface area contributed by atoms with Crippen LogP contribution in [0.25, 0.3) is 0 Å². The van der Waals surface area contributed by atoms with Crippen molar-refractivity contribution < 1.29 is 0 Å². The zero-order chi connectivity index (χ0) is 14.9. The number of halogens is 1.